The summed E-state index contributed by atoms with van der Waals surface area (Å²) in [6.45, 7) is 8.35. The van der Waals surface area contributed by atoms with Gasteiger partial charge >= 0.3 is 12.1 Å². The van der Waals surface area contributed by atoms with Crippen LogP contribution in [0.2, 0.25) is 0 Å². The molecule has 0 aliphatic heterocycles. The van der Waals surface area contributed by atoms with Gasteiger partial charge in [-0.25, -0.2) is 13.9 Å². The Morgan fingerprint density at radius 2 is 1.71 bits per heavy atom. The second-order valence-corrected chi connectivity index (χ2v) is 10.3. The van der Waals surface area contributed by atoms with Crippen molar-refractivity contribution < 1.29 is 27.3 Å². The normalized spacial score (nSPS) is 21.9. The first-order valence-corrected chi connectivity index (χ1v) is 12.4. The lowest BCUT2D eigenvalue weighted by molar-refractivity contribution is -0.634. The van der Waals surface area contributed by atoms with Crippen LogP contribution in [0.5, 0.6) is 0 Å². The highest BCUT2D eigenvalue weighted by atomic mass is 19.4. The summed E-state index contributed by atoms with van der Waals surface area (Å²) in [5, 5.41) is 0. The molecule has 3 aromatic rings. The fraction of sp³-hybridized carbons (Fsp3) is 0.500. The lowest BCUT2D eigenvalue weighted by atomic mass is 9.75. The number of hydrogen-bond acceptors (Lipinski definition) is 2. The highest BCUT2D eigenvalue weighted by molar-refractivity contribution is 5.82. The summed E-state index contributed by atoms with van der Waals surface area (Å²) in [5.41, 5.74) is 1.60. The van der Waals surface area contributed by atoms with E-state index in [0.717, 1.165) is 42.4 Å². The predicted molar refractivity (Wildman–Crippen MR) is 129 cm³/mol. The first-order chi connectivity index (χ1) is 16.5. The van der Waals surface area contributed by atoms with Crippen molar-refractivity contribution in [3.63, 3.8) is 0 Å². The standard InChI is InChI=1S/C28H34F3N2O2/c1-17(2)22-15-10-18(3)16-25(22)35-27(34)19(4)33-24-9-7-6-8-23(24)32(5)26(33)20-11-13-21(14-12-20)28(29,30)31/h6-9,11-14,17-19,22,25H,10,15-16H2,1-5H3/q+1/t18-,19-,22+,25?/m1/s1. The number of benzene rings is 2. The minimum absolute atomic E-state index is 0.126. The summed E-state index contributed by atoms with van der Waals surface area (Å²) in [4.78, 5) is 13.5. The molecule has 1 saturated carbocycles. The number of esters is 1. The molecule has 0 amide bonds. The highest BCUT2D eigenvalue weighted by Crippen LogP contribution is 2.37. The summed E-state index contributed by atoms with van der Waals surface area (Å²) in [7, 11) is 1.86. The fourth-order valence-corrected chi connectivity index (χ4v) is 5.48. The Bertz CT molecular complexity index is 1200. The Morgan fingerprint density at radius 1 is 1.06 bits per heavy atom. The summed E-state index contributed by atoms with van der Waals surface area (Å²) in [5.74, 6) is 1.59. The van der Waals surface area contributed by atoms with E-state index < -0.39 is 17.8 Å². The first kappa shape index (κ1) is 25.3. The van der Waals surface area contributed by atoms with Gasteiger partial charge < -0.3 is 4.74 Å². The van der Waals surface area contributed by atoms with E-state index in [4.69, 9.17) is 4.74 Å². The maximum atomic E-state index is 13.5. The molecule has 35 heavy (non-hydrogen) atoms. The van der Waals surface area contributed by atoms with Crippen molar-refractivity contribution in [2.24, 2.45) is 24.8 Å². The van der Waals surface area contributed by atoms with Gasteiger partial charge in [0, 0.05) is 0 Å². The SMILES string of the molecule is CC(C)[C@@H]1CC[C@@H](C)CC1OC(=O)[C@@H](C)n1c(-c2ccc(C(F)(F)F)cc2)[n+](C)c2ccccc21. The third-order valence-electron chi connectivity index (χ3n) is 7.48. The number of hydrogen-bond donors (Lipinski definition) is 0. The van der Waals surface area contributed by atoms with Crippen LogP contribution in [0.3, 0.4) is 0 Å². The van der Waals surface area contributed by atoms with E-state index in [2.05, 4.69) is 20.8 Å². The molecule has 2 aromatic carbocycles. The number of nitrogens with zero attached hydrogens (tertiary/aromatic N) is 2. The van der Waals surface area contributed by atoms with Gasteiger partial charge in [-0.3, -0.25) is 0 Å². The fourth-order valence-electron chi connectivity index (χ4n) is 5.48. The van der Waals surface area contributed by atoms with Gasteiger partial charge in [0.05, 0.1) is 18.2 Å². The van der Waals surface area contributed by atoms with Crippen molar-refractivity contribution in [1.82, 2.24) is 4.57 Å². The first-order valence-electron chi connectivity index (χ1n) is 12.4. The third-order valence-corrected chi connectivity index (χ3v) is 7.48. The molecule has 0 radical (unpaired) electrons. The van der Waals surface area contributed by atoms with Gasteiger partial charge in [-0.1, -0.05) is 39.3 Å². The smallest absolute Gasteiger partial charge is 0.416 e. The highest BCUT2D eigenvalue weighted by Gasteiger charge is 2.38. The average molecular weight is 488 g/mol. The topological polar surface area (TPSA) is 35.1 Å². The molecule has 0 N–H and O–H groups in total. The number of aryl methyl sites for hydroxylation is 1. The Kier molecular flexibility index (Phi) is 6.98. The minimum Gasteiger partial charge on any atom is -0.459 e. The van der Waals surface area contributed by atoms with Crippen molar-refractivity contribution in [3.05, 3.63) is 54.1 Å². The van der Waals surface area contributed by atoms with E-state index in [1.54, 1.807) is 6.92 Å². The second-order valence-electron chi connectivity index (χ2n) is 10.3. The van der Waals surface area contributed by atoms with Crippen LogP contribution in [0, 0.1) is 17.8 Å². The molecular weight excluding hydrogens is 453 g/mol. The molecule has 1 fully saturated rings. The largest absolute Gasteiger partial charge is 0.459 e. The number of halogens is 3. The van der Waals surface area contributed by atoms with Crippen molar-refractivity contribution >= 4 is 17.0 Å². The van der Waals surface area contributed by atoms with Gasteiger partial charge in [-0.15, -0.1) is 0 Å². The molecule has 7 heteroatoms. The average Bonchev–Trinajstić information content (AvgIpc) is 3.10. The number of aromatic nitrogens is 2. The predicted octanol–water partition coefficient (Wildman–Crippen LogP) is 6.72. The van der Waals surface area contributed by atoms with Crippen LogP contribution >= 0.6 is 0 Å². The van der Waals surface area contributed by atoms with Gasteiger partial charge in [0.2, 0.25) is 0 Å². The quantitative estimate of drug-likeness (QED) is 0.296. The van der Waals surface area contributed by atoms with Crippen LogP contribution in [-0.2, 0) is 22.8 Å². The number of carbonyl (C=O) groups excluding carboxylic acids is 1. The molecule has 0 spiro atoms. The summed E-state index contributed by atoms with van der Waals surface area (Å²) >= 11 is 0. The molecule has 0 saturated heterocycles. The zero-order chi connectivity index (χ0) is 25.5. The molecule has 4 rings (SSSR count). The molecule has 1 unspecified atom stereocenters. The maximum Gasteiger partial charge on any atom is 0.416 e. The number of carbonyl (C=O) groups is 1. The lowest BCUT2D eigenvalue weighted by Gasteiger charge is -2.37. The van der Waals surface area contributed by atoms with E-state index in [1.165, 1.54) is 12.1 Å². The van der Waals surface area contributed by atoms with Crippen molar-refractivity contribution in [2.75, 3.05) is 0 Å². The van der Waals surface area contributed by atoms with E-state index in [0.29, 0.717) is 29.1 Å². The van der Waals surface area contributed by atoms with Crippen molar-refractivity contribution in [1.29, 1.82) is 0 Å². The monoisotopic (exact) mass is 487 g/mol. The molecule has 4 atom stereocenters. The molecule has 1 aromatic heterocycles. The molecule has 1 aliphatic carbocycles. The number of alkyl halides is 3. The Morgan fingerprint density at radius 3 is 2.34 bits per heavy atom. The van der Waals surface area contributed by atoms with E-state index in [1.807, 2.05) is 40.4 Å². The number of fused-ring (bicyclic) bond motifs is 1. The van der Waals surface area contributed by atoms with Crippen molar-refractivity contribution in [3.8, 4) is 11.4 Å². The molecule has 0 bridgehead atoms. The van der Waals surface area contributed by atoms with E-state index >= 15 is 0 Å². The Labute approximate surface area is 204 Å². The van der Waals surface area contributed by atoms with Crippen LogP contribution < -0.4 is 4.57 Å². The zero-order valence-corrected chi connectivity index (χ0v) is 21.0. The Hall–Kier alpha value is -2.83. The lowest BCUT2D eigenvalue weighted by Crippen LogP contribution is -2.38. The summed E-state index contributed by atoms with van der Waals surface area (Å²) < 4.78 is 49.4. The summed E-state index contributed by atoms with van der Waals surface area (Å²) in [6.07, 6.45) is -1.49. The van der Waals surface area contributed by atoms with Crippen LogP contribution in [0.25, 0.3) is 22.4 Å². The van der Waals surface area contributed by atoms with Gasteiger partial charge in [-0.05, 0) is 73.9 Å². The maximum absolute atomic E-state index is 13.5. The molecule has 188 valence electrons. The van der Waals surface area contributed by atoms with Crippen LogP contribution in [0.15, 0.2) is 48.5 Å². The van der Waals surface area contributed by atoms with Crippen molar-refractivity contribution in [2.45, 2.75) is 65.3 Å². The number of imidazole rings is 1. The van der Waals surface area contributed by atoms with Crippen LogP contribution in [0.1, 0.15) is 58.6 Å². The third kappa shape index (κ3) is 4.95. The molecular formula is C28H34F3N2O2+. The van der Waals surface area contributed by atoms with Crippen LogP contribution in [-0.4, -0.2) is 16.6 Å². The van der Waals surface area contributed by atoms with Gasteiger partial charge in [0.15, 0.2) is 17.1 Å². The molecule has 4 nitrogen and oxygen atoms in total. The number of para-hydroxylation sites is 2. The second kappa shape index (κ2) is 9.67. The zero-order valence-electron chi connectivity index (χ0n) is 21.0. The Balaban J connectivity index is 1.73. The molecule has 1 heterocycles. The van der Waals surface area contributed by atoms with Gasteiger partial charge in [-0.2, -0.15) is 13.2 Å². The van der Waals surface area contributed by atoms with Crippen LogP contribution in [0.4, 0.5) is 13.2 Å². The number of ether oxygens (including phenoxy) is 1. The van der Waals surface area contributed by atoms with Gasteiger partial charge in [0.25, 0.3) is 5.82 Å². The summed E-state index contributed by atoms with van der Waals surface area (Å²) in [6, 6.07) is 12.1. The van der Waals surface area contributed by atoms with E-state index in [-0.39, 0.29) is 12.1 Å². The van der Waals surface area contributed by atoms with Gasteiger partial charge in [0.1, 0.15) is 6.10 Å². The minimum atomic E-state index is -4.41. The molecule has 1 aliphatic rings. The van der Waals surface area contributed by atoms with E-state index in [9.17, 15) is 18.0 Å². The number of rotatable bonds is 5.